The van der Waals surface area contributed by atoms with Gasteiger partial charge < -0.3 is 0 Å². The van der Waals surface area contributed by atoms with E-state index in [-0.39, 0.29) is 10.8 Å². The fraction of sp³-hybridized carbons (Fsp3) is 0.0667. The van der Waals surface area contributed by atoms with E-state index in [1.165, 1.54) is 12.1 Å². The van der Waals surface area contributed by atoms with Crippen molar-refractivity contribution in [3.05, 3.63) is 68.7 Å². The first-order valence-corrected chi connectivity index (χ1v) is 6.80. The Bertz CT molecular complexity index is 707. The van der Waals surface area contributed by atoms with Gasteiger partial charge in [0.15, 0.2) is 5.78 Å². The summed E-state index contributed by atoms with van der Waals surface area (Å²) in [6.07, 6.45) is 0. The summed E-state index contributed by atoms with van der Waals surface area (Å²) in [5, 5.41) is 10.4. The summed E-state index contributed by atoms with van der Waals surface area (Å²) in [6, 6.07) is 13.2. The summed E-state index contributed by atoms with van der Waals surface area (Å²) in [5.41, 5.74) is 0.891. The van der Waals surface area contributed by atoms with E-state index >= 15 is 0 Å². The number of hydrogen-bond acceptors (Lipinski definition) is 2. The standard InChI is InChI=1S/C15H8Cl3NO/c16-11-3-1-2-9(6-11)12(8-19)15(20)10-4-5-13(17)14(18)7-10/h1-7,12H. The van der Waals surface area contributed by atoms with Crippen LogP contribution in [-0.4, -0.2) is 5.78 Å². The first kappa shape index (κ1) is 14.9. The van der Waals surface area contributed by atoms with Crippen LogP contribution >= 0.6 is 34.8 Å². The lowest BCUT2D eigenvalue weighted by molar-refractivity contribution is 0.0979. The lowest BCUT2D eigenvalue weighted by atomic mass is 9.92. The van der Waals surface area contributed by atoms with Crippen LogP contribution in [-0.2, 0) is 0 Å². The number of rotatable bonds is 3. The predicted molar refractivity (Wildman–Crippen MR) is 80.6 cm³/mol. The first-order chi connectivity index (χ1) is 9.52. The molecule has 100 valence electrons. The van der Waals surface area contributed by atoms with E-state index < -0.39 is 5.92 Å². The molecule has 0 aliphatic carbocycles. The Morgan fingerprint density at radius 2 is 1.80 bits per heavy atom. The van der Waals surface area contributed by atoms with Gasteiger partial charge in [-0.3, -0.25) is 4.79 Å². The molecule has 0 aliphatic rings. The van der Waals surface area contributed by atoms with Gasteiger partial charge in [0.25, 0.3) is 0 Å². The minimum atomic E-state index is -0.925. The van der Waals surface area contributed by atoms with E-state index in [9.17, 15) is 10.1 Å². The summed E-state index contributed by atoms with van der Waals surface area (Å²) in [4.78, 5) is 12.4. The number of carbonyl (C=O) groups is 1. The highest BCUT2D eigenvalue weighted by Gasteiger charge is 2.22. The van der Waals surface area contributed by atoms with Gasteiger partial charge in [-0.2, -0.15) is 5.26 Å². The molecule has 0 aliphatic heterocycles. The second kappa shape index (κ2) is 6.28. The molecule has 2 nitrogen and oxygen atoms in total. The third-order valence-electron chi connectivity index (χ3n) is 2.78. The predicted octanol–water partition coefficient (Wildman–Crippen LogP) is 5.14. The second-order valence-electron chi connectivity index (χ2n) is 4.11. The van der Waals surface area contributed by atoms with Crippen LogP contribution in [0.3, 0.4) is 0 Å². The fourth-order valence-corrected chi connectivity index (χ4v) is 2.28. The van der Waals surface area contributed by atoms with E-state index in [2.05, 4.69) is 0 Å². The van der Waals surface area contributed by atoms with Gasteiger partial charge in [0.2, 0.25) is 0 Å². The molecule has 0 radical (unpaired) electrons. The third kappa shape index (κ3) is 3.13. The smallest absolute Gasteiger partial charge is 0.184 e. The van der Waals surface area contributed by atoms with Gasteiger partial charge in [-0.1, -0.05) is 46.9 Å². The molecular formula is C15H8Cl3NO. The molecule has 2 aromatic carbocycles. The summed E-state index contributed by atoms with van der Waals surface area (Å²) in [6.45, 7) is 0. The molecular weight excluding hydrogens is 317 g/mol. The minimum absolute atomic E-state index is 0.278. The maximum atomic E-state index is 12.4. The number of halogens is 3. The molecule has 0 saturated heterocycles. The van der Waals surface area contributed by atoms with Crippen LogP contribution in [0.2, 0.25) is 15.1 Å². The van der Waals surface area contributed by atoms with Gasteiger partial charge >= 0.3 is 0 Å². The lowest BCUT2D eigenvalue weighted by Gasteiger charge is -2.09. The summed E-state index contributed by atoms with van der Waals surface area (Å²) in [5.74, 6) is -1.26. The van der Waals surface area contributed by atoms with Crippen LogP contribution in [0.25, 0.3) is 0 Å². The van der Waals surface area contributed by atoms with E-state index in [4.69, 9.17) is 34.8 Å². The average Bonchev–Trinajstić information content (AvgIpc) is 2.42. The SMILES string of the molecule is N#CC(C(=O)c1ccc(Cl)c(Cl)c1)c1cccc(Cl)c1. The van der Waals surface area contributed by atoms with Crippen LogP contribution in [0.1, 0.15) is 21.8 Å². The maximum Gasteiger partial charge on any atom is 0.184 e. The molecule has 2 aromatic rings. The van der Waals surface area contributed by atoms with Crippen molar-refractivity contribution in [2.75, 3.05) is 0 Å². The number of nitriles is 1. The number of carbonyl (C=O) groups excluding carboxylic acids is 1. The first-order valence-electron chi connectivity index (χ1n) is 5.67. The summed E-state index contributed by atoms with van der Waals surface area (Å²) < 4.78 is 0. The fourth-order valence-electron chi connectivity index (χ4n) is 1.79. The number of nitrogens with zero attached hydrogens (tertiary/aromatic N) is 1. The van der Waals surface area contributed by atoms with Crippen molar-refractivity contribution < 1.29 is 4.79 Å². The van der Waals surface area contributed by atoms with Crippen LogP contribution in [0.4, 0.5) is 0 Å². The van der Waals surface area contributed by atoms with Crippen LogP contribution < -0.4 is 0 Å². The molecule has 0 heterocycles. The van der Waals surface area contributed by atoms with Gasteiger partial charge in [-0.15, -0.1) is 0 Å². The zero-order chi connectivity index (χ0) is 14.7. The Hall–Kier alpha value is -1.53. The highest BCUT2D eigenvalue weighted by atomic mass is 35.5. The van der Waals surface area contributed by atoms with Crippen LogP contribution in [0, 0.1) is 11.3 Å². The third-order valence-corrected chi connectivity index (χ3v) is 3.75. The number of hydrogen-bond donors (Lipinski definition) is 0. The van der Waals surface area contributed by atoms with E-state index in [0.29, 0.717) is 21.2 Å². The average molecular weight is 325 g/mol. The number of ketones is 1. The van der Waals surface area contributed by atoms with Gasteiger partial charge in [0.05, 0.1) is 16.1 Å². The molecule has 2 rings (SSSR count). The van der Waals surface area contributed by atoms with Crippen LogP contribution in [0.5, 0.6) is 0 Å². The molecule has 0 fully saturated rings. The summed E-state index contributed by atoms with van der Waals surface area (Å²) in [7, 11) is 0. The molecule has 0 amide bonds. The highest BCUT2D eigenvalue weighted by molar-refractivity contribution is 6.42. The Labute approximate surface area is 131 Å². The van der Waals surface area contributed by atoms with Crippen molar-refractivity contribution >= 4 is 40.6 Å². The Balaban J connectivity index is 2.39. The molecule has 5 heteroatoms. The molecule has 0 aromatic heterocycles. The zero-order valence-corrected chi connectivity index (χ0v) is 12.4. The van der Waals surface area contributed by atoms with Crippen molar-refractivity contribution in [3.63, 3.8) is 0 Å². The monoisotopic (exact) mass is 323 g/mol. The molecule has 1 atom stereocenters. The lowest BCUT2D eigenvalue weighted by Crippen LogP contribution is -2.11. The molecule has 20 heavy (non-hydrogen) atoms. The quantitative estimate of drug-likeness (QED) is 0.734. The van der Waals surface area contributed by atoms with Gasteiger partial charge in [-0.25, -0.2) is 0 Å². The van der Waals surface area contributed by atoms with Gasteiger partial charge in [-0.05, 0) is 35.9 Å². The maximum absolute atomic E-state index is 12.4. The summed E-state index contributed by atoms with van der Waals surface area (Å²) >= 11 is 17.6. The van der Waals surface area contributed by atoms with Gasteiger partial charge in [0, 0.05) is 10.6 Å². The van der Waals surface area contributed by atoms with E-state index in [0.717, 1.165) is 0 Å². The Kier molecular flexibility index (Phi) is 4.67. The van der Waals surface area contributed by atoms with Crippen molar-refractivity contribution in [3.8, 4) is 6.07 Å². The Morgan fingerprint density at radius 1 is 1.05 bits per heavy atom. The zero-order valence-electron chi connectivity index (χ0n) is 10.1. The van der Waals surface area contributed by atoms with E-state index in [1.807, 2.05) is 6.07 Å². The van der Waals surface area contributed by atoms with Crippen molar-refractivity contribution in [1.82, 2.24) is 0 Å². The van der Waals surface area contributed by atoms with Crippen molar-refractivity contribution in [1.29, 1.82) is 5.26 Å². The largest absolute Gasteiger partial charge is 0.292 e. The van der Waals surface area contributed by atoms with Gasteiger partial charge in [0.1, 0.15) is 5.92 Å². The molecule has 1 unspecified atom stereocenters. The molecule has 0 bridgehead atoms. The topological polar surface area (TPSA) is 40.9 Å². The Morgan fingerprint density at radius 3 is 2.40 bits per heavy atom. The van der Waals surface area contributed by atoms with Crippen molar-refractivity contribution in [2.45, 2.75) is 5.92 Å². The molecule has 0 spiro atoms. The molecule has 0 N–H and O–H groups in total. The minimum Gasteiger partial charge on any atom is -0.292 e. The van der Waals surface area contributed by atoms with E-state index in [1.54, 1.807) is 30.3 Å². The second-order valence-corrected chi connectivity index (χ2v) is 5.36. The highest BCUT2D eigenvalue weighted by Crippen LogP contribution is 2.27. The number of Topliss-reactive ketones (excluding diaryl/α,β-unsaturated/α-hetero) is 1. The van der Waals surface area contributed by atoms with Crippen LogP contribution in [0.15, 0.2) is 42.5 Å². The normalized spacial score (nSPS) is 11.7. The van der Waals surface area contributed by atoms with Crippen molar-refractivity contribution in [2.24, 2.45) is 0 Å². The molecule has 0 saturated carbocycles. The number of benzene rings is 2.